The van der Waals surface area contributed by atoms with Crippen LogP contribution in [0.25, 0.3) is 22.5 Å². The van der Waals surface area contributed by atoms with Crippen molar-refractivity contribution in [2.24, 2.45) is 5.92 Å². The number of nitrogens with one attached hydrogen (secondary N) is 2. The number of hydrogen-bond donors (Lipinski definition) is 2. The SMILES string of the molecule is COc1nc(-c2ccnc(-c3cccc(NC(=O)C4C=[N+](C)C(=O)N(C)C4=O)c3Cl)c2Cl)ccc1CNC1CCN(C(C)=O)CC1. The molecule has 0 spiro atoms. The zero-order chi connectivity index (χ0) is 33.1. The first-order valence-corrected chi connectivity index (χ1v) is 15.4. The molecule has 46 heavy (non-hydrogen) atoms. The molecule has 12 nitrogen and oxygen atoms in total. The van der Waals surface area contributed by atoms with Gasteiger partial charge in [-0.25, -0.2) is 14.4 Å². The summed E-state index contributed by atoms with van der Waals surface area (Å²) in [6.07, 6.45) is 4.61. The number of ether oxygens (including phenoxy) is 1. The molecule has 2 aromatic heterocycles. The number of methoxy groups -OCH3 is 1. The zero-order valence-electron chi connectivity index (χ0n) is 25.8. The van der Waals surface area contributed by atoms with Gasteiger partial charge in [0, 0.05) is 55.5 Å². The number of benzene rings is 1. The lowest BCUT2D eigenvalue weighted by molar-refractivity contribution is -0.400. The summed E-state index contributed by atoms with van der Waals surface area (Å²) in [6.45, 7) is 3.62. The number of aromatic nitrogens is 2. The highest BCUT2D eigenvalue weighted by Gasteiger charge is 2.43. The molecular formula is C32H34Cl2N7O5+. The Kier molecular flexibility index (Phi) is 10.00. The van der Waals surface area contributed by atoms with Gasteiger partial charge in [0.05, 0.1) is 54.5 Å². The molecule has 5 rings (SSSR count). The molecule has 240 valence electrons. The van der Waals surface area contributed by atoms with Gasteiger partial charge in [-0.05, 0) is 31.0 Å². The van der Waals surface area contributed by atoms with Crippen LogP contribution in [0.2, 0.25) is 10.0 Å². The molecule has 1 saturated heterocycles. The first-order chi connectivity index (χ1) is 22.0. The fraction of sp³-hybridized carbons (Fsp3) is 0.344. The highest BCUT2D eigenvalue weighted by atomic mass is 35.5. The van der Waals surface area contributed by atoms with Crippen molar-refractivity contribution in [3.05, 3.63) is 58.2 Å². The summed E-state index contributed by atoms with van der Waals surface area (Å²) >= 11 is 13.7. The van der Waals surface area contributed by atoms with Crippen LogP contribution in [0.5, 0.6) is 5.88 Å². The van der Waals surface area contributed by atoms with Crippen LogP contribution < -0.4 is 15.4 Å². The van der Waals surface area contributed by atoms with Gasteiger partial charge >= 0.3 is 11.9 Å². The third kappa shape index (κ3) is 6.74. The van der Waals surface area contributed by atoms with Crippen LogP contribution in [0, 0.1) is 5.92 Å². The minimum Gasteiger partial charge on any atom is -0.481 e. The molecule has 0 radical (unpaired) electrons. The number of piperidine rings is 1. The van der Waals surface area contributed by atoms with Gasteiger partial charge in [0.25, 0.3) is 0 Å². The minimum absolute atomic E-state index is 0.103. The summed E-state index contributed by atoms with van der Waals surface area (Å²) in [5, 5.41) is 6.71. The van der Waals surface area contributed by atoms with Crippen LogP contribution in [0.1, 0.15) is 25.3 Å². The van der Waals surface area contributed by atoms with Gasteiger partial charge in [0.1, 0.15) is 0 Å². The van der Waals surface area contributed by atoms with Crippen molar-refractivity contribution in [3.63, 3.8) is 0 Å². The molecule has 0 aliphatic carbocycles. The molecule has 4 heterocycles. The molecule has 2 aliphatic rings. The van der Waals surface area contributed by atoms with E-state index in [1.807, 2.05) is 17.0 Å². The van der Waals surface area contributed by atoms with Crippen LogP contribution in [0.15, 0.2) is 42.6 Å². The number of amides is 5. The van der Waals surface area contributed by atoms with E-state index < -0.39 is 23.8 Å². The minimum atomic E-state index is -1.21. The number of hydrogen-bond acceptors (Lipinski definition) is 8. The van der Waals surface area contributed by atoms with Crippen LogP contribution >= 0.6 is 23.2 Å². The summed E-state index contributed by atoms with van der Waals surface area (Å²) in [4.78, 5) is 61.3. The fourth-order valence-corrected chi connectivity index (χ4v) is 6.08. The van der Waals surface area contributed by atoms with E-state index in [0.717, 1.165) is 36.4 Å². The number of halogens is 2. The molecule has 1 aromatic carbocycles. The average molecular weight is 668 g/mol. The average Bonchev–Trinajstić information content (AvgIpc) is 3.05. The topological polar surface area (TPSA) is 137 Å². The maximum absolute atomic E-state index is 13.1. The second kappa shape index (κ2) is 13.9. The lowest BCUT2D eigenvalue weighted by Gasteiger charge is -2.31. The number of carbonyl (C=O) groups excluding carboxylic acids is 4. The van der Waals surface area contributed by atoms with Gasteiger partial charge in [0.2, 0.25) is 17.7 Å². The van der Waals surface area contributed by atoms with Crippen molar-refractivity contribution in [2.45, 2.75) is 32.4 Å². The summed E-state index contributed by atoms with van der Waals surface area (Å²) in [7, 11) is 4.35. The molecule has 3 aromatic rings. The molecular weight excluding hydrogens is 633 g/mol. The third-order valence-electron chi connectivity index (χ3n) is 8.17. The largest absolute Gasteiger partial charge is 0.499 e. The van der Waals surface area contributed by atoms with Gasteiger partial charge in [-0.3, -0.25) is 14.6 Å². The van der Waals surface area contributed by atoms with Gasteiger partial charge in [0.15, 0.2) is 5.92 Å². The summed E-state index contributed by atoms with van der Waals surface area (Å²) < 4.78 is 6.81. The number of imide groups is 1. The predicted molar refractivity (Wildman–Crippen MR) is 174 cm³/mol. The Morgan fingerprint density at radius 3 is 2.50 bits per heavy atom. The van der Waals surface area contributed by atoms with Crippen molar-refractivity contribution in [3.8, 4) is 28.4 Å². The van der Waals surface area contributed by atoms with Crippen LogP contribution in [-0.4, -0.2) is 94.6 Å². The van der Waals surface area contributed by atoms with E-state index in [2.05, 4.69) is 15.6 Å². The van der Waals surface area contributed by atoms with Gasteiger partial charge < -0.3 is 20.3 Å². The van der Waals surface area contributed by atoms with Crippen molar-refractivity contribution in [1.82, 2.24) is 25.1 Å². The number of carbonyl (C=O) groups is 4. The molecule has 1 unspecified atom stereocenters. The Hall–Kier alpha value is -4.39. The summed E-state index contributed by atoms with van der Waals surface area (Å²) in [5.74, 6) is -1.95. The molecule has 5 amide bonds. The molecule has 1 fully saturated rings. The third-order valence-corrected chi connectivity index (χ3v) is 8.96. The van der Waals surface area contributed by atoms with E-state index in [1.165, 1.54) is 24.9 Å². The Bertz CT molecular complexity index is 1740. The first-order valence-electron chi connectivity index (χ1n) is 14.7. The lowest BCUT2D eigenvalue weighted by Crippen LogP contribution is -2.51. The van der Waals surface area contributed by atoms with E-state index >= 15 is 0 Å². The van der Waals surface area contributed by atoms with E-state index in [9.17, 15) is 19.2 Å². The second-order valence-electron chi connectivity index (χ2n) is 11.1. The Balaban J connectivity index is 1.35. The van der Waals surface area contributed by atoms with E-state index in [0.29, 0.717) is 40.0 Å². The Morgan fingerprint density at radius 2 is 1.80 bits per heavy atom. The standard InChI is InChI=1S/C32H33Cl2N7O5/c1-18(42)41-14-11-20(12-15-41)36-16-19-8-9-24(38-30(19)46-4)21-10-13-35-28(27(21)34)22-6-5-7-25(26(22)33)37-29(43)23-17-39(2)32(45)40(3)31(23)44/h5-10,13,17,20,23,36H,11-12,14-16H2,1-4H3/p+1. The van der Waals surface area contributed by atoms with Crippen molar-refractivity contribution in [2.75, 3.05) is 39.6 Å². The van der Waals surface area contributed by atoms with Crippen LogP contribution in [0.3, 0.4) is 0 Å². The number of urea groups is 1. The first kappa shape index (κ1) is 33.0. The highest BCUT2D eigenvalue weighted by molar-refractivity contribution is 6.39. The molecule has 2 aliphatic heterocycles. The zero-order valence-corrected chi connectivity index (χ0v) is 27.4. The Labute approximate surface area is 276 Å². The quantitative estimate of drug-likeness (QED) is 0.271. The van der Waals surface area contributed by atoms with E-state index in [-0.39, 0.29) is 22.7 Å². The summed E-state index contributed by atoms with van der Waals surface area (Å²) in [5.41, 5.74) is 3.13. The second-order valence-corrected chi connectivity index (χ2v) is 11.9. The summed E-state index contributed by atoms with van der Waals surface area (Å²) in [6, 6.07) is 10.3. The lowest BCUT2D eigenvalue weighted by atomic mass is 10.0. The number of anilines is 1. The van der Waals surface area contributed by atoms with Crippen LogP contribution in [0.4, 0.5) is 10.5 Å². The van der Waals surface area contributed by atoms with Crippen molar-refractivity contribution < 1.29 is 28.5 Å². The Morgan fingerprint density at radius 1 is 1.07 bits per heavy atom. The maximum atomic E-state index is 13.1. The highest BCUT2D eigenvalue weighted by Crippen LogP contribution is 2.40. The van der Waals surface area contributed by atoms with Gasteiger partial charge in [-0.15, -0.1) is 0 Å². The number of nitrogens with zero attached hydrogens (tertiary/aromatic N) is 5. The van der Waals surface area contributed by atoms with Gasteiger partial charge in [-0.2, -0.15) is 9.69 Å². The van der Waals surface area contributed by atoms with Gasteiger partial charge in [-0.1, -0.05) is 41.4 Å². The molecule has 0 saturated carbocycles. The monoisotopic (exact) mass is 666 g/mol. The molecule has 14 heteroatoms. The number of likely N-dealkylation sites (tertiary alicyclic amines) is 1. The predicted octanol–water partition coefficient (Wildman–Crippen LogP) is 4.09. The smallest absolute Gasteiger partial charge is 0.481 e. The van der Waals surface area contributed by atoms with E-state index in [4.69, 9.17) is 32.9 Å². The van der Waals surface area contributed by atoms with Crippen molar-refractivity contribution in [1.29, 1.82) is 0 Å². The molecule has 1 atom stereocenters. The fourth-order valence-electron chi connectivity index (χ4n) is 5.51. The normalized spacial score (nSPS) is 17.2. The molecule has 2 N–H and O–H groups in total. The van der Waals surface area contributed by atoms with E-state index in [1.54, 1.807) is 44.5 Å². The number of rotatable bonds is 8. The van der Waals surface area contributed by atoms with Crippen LogP contribution in [-0.2, 0) is 20.9 Å². The van der Waals surface area contributed by atoms with Crippen molar-refractivity contribution >= 4 is 58.9 Å². The maximum Gasteiger partial charge on any atom is 0.499 e. The molecule has 0 bridgehead atoms. The number of pyridine rings is 2.